The van der Waals surface area contributed by atoms with Crippen LogP contribution in [0.5, 0.6) is 5.75 Å². The molecule has 2 rings (SSSR count). The summed E-state index contributed by atoms with van der Waals surface area (Å²) in [5, 5.41) is 0.698. The van der Waals surface area contributed by atoms with Gasteiger partial charge in [0.05, 0.1) is 40.0 Å². The number of quaternary nitrogens is 1. The molecule has 0 N–H and O–H groups in total. The van der Waals surface area contributed by atoms with Crippen LogP contribution in [0.15, 0.2) is 12.1 Å². The molecular formula is C16H25ClNO3+. The van der Waals surface area contributed by atoms with Crippen LogP contribution in [0.25, 0.3) is 0 Å². The molecule has 0 bridgehead atoms. The fourth-order valence-corrected chi connectivity index (χ4v) is 2.63. The van der Waals surface area contributed by atoms with E-state index in [2.05, 4.69) is 20.9 Å². The van der Waals surface area contributed by atoms with E-state index < -0.39 is 0 Å². The summed E-state index contributed by atoms with van der Waals surface area (Å²) in [7, 11) is 2.26. The molecular weight excluding hydrogens is 290 g/mol. The molecule has 118 valence electrons. The van der Waals surface area contributed by atoms with Crippen molar-refractivity contribution in [2.75, 3.05) is 40.1 Å². The molecule has 21 heavy (non-hydrogen) atoms. The Morgan fingerprint density at radius 2 is 2.05 bits per heavy atom. The largest absolute Gasteiger partial charge is 0.467 e. The molecule has 1 aliphatic rings. The maximum absolute atomic E-state index is 6.14. The summed E-state index contributed by atoms with van der Waals surface area (Å²) in [5.41, 5.74) is 2.00. The summed E-state index contributed by atoms with van der Waals surface area (Å²) >= 11 is 6.14. The predicted octanol–water partition coefficient (Wildman–Crippen LogP) is 3.21. The topological polar surface area (TPSA) is 27.7 Å². The lowest BCUT2D eigenvalue weighted by Gasteiger charge is -2.32. The molecule has 0 amide bonds. The molecule has 1 aromatic carbocycles. The van der Waals surface area contributed by atoms with Crippen LogP contribution in [-0.2, 0) is 22.7 Å². The van der Waals surface area contributed by atoms with E-state index in [0.717, 1.165) is 47.6 Å². The van der Waals surface area contributed by atoms with Gasteiger partial charge in [0.2, 0.25) is 0 Å². The van der Waals surface area contributed by atoms with Crippen LogP contribution in [-0.4, -0.2) is 44.6 Å². The van der Waals surface area contributed by atoms with Gasteiger partial charge in [-0.2, -0.15) is 0 Å². The second-order valence-corrected chi connectivity index (χ2v) is 6.13. The Labute approximate surface area is 132 Å². The fourth-order valence-electron chi connectivity index (χ4n) is 2.37. The zero-order valence-corrected chi connectivity index (χ0v) is 13.9. The van der Waals surface area contributed by atoms with Crippen molar-refractivity contribution in [1.82, 2.24) is 0 Å². The average Bonchev–Trinajstić information content (AvgIpc) is 2.51. The first-order valence-corrected chi connectivity index (χ1v) is 7.89. The molecule has 5 heteroatoms. The van der Waals surface area contributed by atoms with Gasteiger partial charge in [-0.1, -0.05) is 11.6 Å². The van der Waals surface area contributed by atoms with Crippen LogP contribution >= 0.6 is 11.6 Å². The smallest absolute Gasteiger partial charge is 0.189 e. The van der Waals surface area contributed by atoms with E-state index in [1.807, 2.05) is 12.1 Å². The number of halogens is 1. The Balaban J connectivity index is 1.93. The van der Waals surface area contributed by atoms with Crippen molar-refractivity contribution in [3.8, 4) is 5.75 Å². The maximum Gasteiger partial charge on any atom is 0.189 e. The van der Waals surface area contributed by atoms with E-state index in [0.29, 0.717) is 25.0 Å². The van der Waals surface area contributed by atoms with E-state index in [-0.39, 0.29) is 0 Å². The number of likely N-dealkylation sites (N-methyl/N-ethyl adjacent to an activating group) is 1. The quantitative estimate of drug-likeness (QED) is 0.571. The number of nitrogens with zero attached hydrogens (tertiary/aromatic N) is 1. The number of hydrogen-bond donors (Lipinski definition) is 0. The molecule has 4 nitrogen and oxygen atoms in total. The zero-order chi connectivity index (χ0) is 15.3. The van der Waals surface area contributed by atoms with Gasteiger partial charge in [0.25, 0.3) is 0 Å². The van der Waals surface area contributed by atoms with Gasteiger partial charge < -0.3 is 18.7 Å². The lowest BCUT2D eigenvalue weighted by molar-refractivity contribution is -0.906. The van der Waals surface area contributed by atoms with Gasteiger partial charge in [-0.05, 0) is 26.0 Å². The van der Waals surface area contributed by atoms with Gasteiger partial charge in [-0.15, -0.1) is 0 Å². The highest BCUT2D eigenvalue weighted by Gasteiger charge is 2.18. The number of benzene rings is 1. The molecule has 0 fully saturated rings. The minimum Gasteiger partial charge on any atom is -0.467 e. The average molecular weight is 315 g/mol. The molecule has 1 aromatic rings. The van der Waals surface area contributed by atoms with E-state index in [9.17, 15) is 0 Å². The van der Waals surface area contributed by atoms with Gasteiger partial charge in [0.1, 0.15) is 12.3 Å². The van der Waals surface area contributed by atoms with Crippen LogP contribution in [0, 0.1) is 0 Å². The second-order valence-electron chi connectivity index (χ2n) is 5.69. The van der Waals surface area contributed by atoms with Crippen LogP contribution < -0.4 is 4.74 Å². The molecule has 0 aromatic heterocycles. The van der Waals surface area contributed by atoms with Crippen molar-refractivity contribution in [3.05, 3.63) is 28.3 Å². The third-order valence-electron chi connectivity index (χ3n) is 4.31. The van der Waals surface area contributed by atoms with Crippen LogP contribution in [0.2, 0.25) is 5.02 Å². The van der Waals surface area contributed by atoms with Crippen LogP contribution in [0.3, 0.4) is 0 Å². The Hall–Kier alpha value is -0.810. The maximum atomic E-state index is 6.14. The zero-order valence-electron chi connectivity index (χ0n) is 13.2. The van der Waals surface area contributed by atoms with Gasteiger partial charge in [0.15, 0.2) is 6.79 Å². The molecule has 0 unspecified atom stereocenters. The van der Waals surface area contributed by atoms with Gasteiger partial charge in [-0.3, -0.25) is 0 Å². The SMILES string of the molecule is CC[N+](C)(CC)CCOCc1cc(Cl)cc2c1OCOC2. The predicted molar refractivity (Wildman–Crippen MR) is 83.5 cm³/mol. The Bertz CT molecular complexity index is 475. The highest BCUT2D eigenvalue weighted by atomic mass is 35.5. The molecule has 0 saturated carbocycles. The van der Waals surface area contributed by atoms with Crippen molar-refractivity contribution in [2.24, 2.45) is 0 Å². The monoisotopic (exact) mass is 314 g/mol. The van der Waals surface area contributed by atoms with Crippen LogP contribution in [0.4, 0.5) is 0 Å². The van der Waals surface area contributed by atoms with Gasteiger partial charge in [-0.25, -0.2) is 0 Å². The summed E-state index contributed by atoms with van der Waals surface area (Å²) < 4.78 is 17.7. The van der Waals surface area contributed by atoms with Gasteiger partial charge >= 0.3 is 0 Å². The molecule has 0 atom stereocenters. The van der Waals surface area contributed by atoms with Crippen molar-refractivity contribution < 1.29 is 18.7 Å². The lowest BCUT2D eigenvalue weighted by Crippen LogP contribution is -2.45. The third kappa shape index (κ3) is 4.33. The summed E-state index contributed by atoms with van der Waals surface area (Å²) in [4.78, 5) is 0. The molecule has 0 spiro atoms. The Kier molecular flexibility index (Phi) is 5.88. The van der Waals surface area contributed by atoms with E-state index in [1.54, 1.807) is 0 Å². The number of fused-ring (bicyclic) bond motifs is 1. The second kappa shape index (κ2) is 7.45. The highest BCUT2D eigenvalue weighted by molar-refractivity contribution is 6.30. The third-order valence-corrected chi connectivity index (χ3v) is 4.53. The number of ether oxygens (including phenoxy) is 3. The fraction of sp³-hybridized carbons (Fsp3) is 0.625. The molecule has 1 aliphatic heterocycles. The molecule has 0 aliphatic carbocycles. The number of hydrogen-bond acceptors (Lipinski definition) is 3. The molecule has 0 saturated heterocycles. The first kappa shape index (κ1) is 16.6. The van der Waals surface area contributed by atoms with Crippen molar-refractivity contribution >= 4 is 11.6 Å². The highest BCUT2D eigenvalue weighted by Crippen LogP contribution is 2.32. The Morgan fingerprint density at radius 3 is 2.76 bits per heavy atom. The summed E-state index contributed by atoms with van der Waals surface area (Å²) in [5.74, 6) is 0.869. The number of rotatable bonds is 7. The van der Waals surface area contributed by atoms with E-state index in [1.165, 1.54) is 0 Å². The first-order chi connectivity index (χ1) is 10.1. The Morgan fingerprint density at radius 1 is 1.29 bits per heavy atom. The summed E-state index contributed by atoms with van der Waals surface area (Å²) in [6, 6.07) is 3.81. The van der Waals surface area contributed by atoms with Crippen molar-refractivity contribution in [2.45, 2.75) is 27.1 Å². The van der Waals surface area contributed by atoms with Crippen LogP contribution in [0.1, 0.15) is 25.0 Å². The standard InChI is InChI=1S/C16H25ClNO3/c1-4-18(3,5-2)6-7-19-10-13-8-15(17)9-14-11-20-12-21-16(13)14/h8-9H,4-7,10-12H2,1-3H3/q+1. The molecule has 1 heterocycles. The normalized spacial score (nSPS) is 14.7. The first-order valence-electron chi connectivity index (χ1n) is 7.51. The lowest BCUT2D eigenvalue weighted by atomic mass is 10.1. The van der Waals surface area contributed by atoms with E-state index in [4.69, 9.17) is 25.8 Å². The van der Waals surface area contributed by atoms with Crippen molar-refractivity contribution in [3.63, 3.8) is 0 Å². The van der Waals surface area contributed by atoms with E-state index >= 15 is 0 Å². The van der Waals surface area contributed by atoms with Gasteiger partial charge in [0, 0.05) is 16.1 Å². The van der Waals surface area contributed by atoms with Crippen molar-refractivity contribution in [1.29, 1.82) is 0 Å². The minimum absolute atomic E-state index is 0.294. The summed E-state index contributed by atoms with van der Waals surface area (Å²) in [6.07, 6.45) is 0. The molecule has 0 radical (unpaired) electrons. The summed E-state index contributed by atoms with van der Waals surface area (Å²) in [6.45, 7) is 9.77. The minimum atomic E-state index is 0.294.